The summed E-state index contributed by atoms with van der Waals surface area (Å²) in [6.45, 7) is 2.65. The number of nitrogens with one attached hydrogen (secondary N) is 1. The summed E-state index contributed by atoms with van der Waals surface area (Å²) >= 11 is 1.36. The monoisotopic (exact) mass is 276 g/mol. The Hall–Kier alpha value is -2.15. The minimum Gasteiger partial charge on any atom is -0.385 e. The maximum Gasteiger partial charge on any atom is 0.272 e. The van der Waals surface area contributed by atoms with Crippen molar-refractivity contribution in [2.24, 2.45) is 0 Å². The zero-order valence-corrected chi connectivity index (χ0v) is 11.1. The van der Waals surface area contributed by atoms with Crippen LogP contribution in [0.2, 0.25) is 0 Å². The largest absolute Gasteiger partial charge is 0.385 e. The lowest BCUT2D eigenvalue weighted by molar-refractivity contribution is -0.385. The average molecular weight is 276 g/mol. The fraction of sp³-hybridized carbons (Fsp3) is 0.167. The number of anilines is 1. The molecule has 0 bridgehead atoms. The van der Waals surface area contributed by atoms with Crippen LogP contribution < -0.4 is 5.32 Å². The van der Waals surface area contributed by atoms with Crippen LogP contribution in [0, 0.1) is 10.1 Å². The van der Waals surface area contributed by atoms with Gasteiger partial charge in [-0.3, -0.25) is 10.1 Å². The smallest absolute Gasteiger partial charge is 0.272 e. The number of non-ortho nitro benzene ring substituents is 1. The molecule has 7 heteroatoms. The highest BCUT2D eigenvalue weighted by molar-refractivity contribution is 7.99. The molecular formula is C12H12N4O2S. The summed E-state index contributed by atoms with van der Waals surface area (Å²) in [6.07, 6.45) is 3.09. The van der Waals surface area contributed by atoms with Gasteiger partial charge in [-0.25, -0.2) is 9.97 Å². The second kappa shape index (κ2) is 6.14. The molecule has 98 valence electrons. The van der Waals surface area contributed by atoms with Crippen LogP contribution >= 0.6 is 11.8 Å². The molecule has 2 rings (SSSR count). The second-order valence-corrected chi connectivity index (χ2v) is 4.75. The summed E-state index contributed by atoms with van der Waals surface area (Å²) in [6, 6.07) is 6.68. The van der Waals surface area contributed by atoms with E-state index in [0.717, 1.165) is 15.6 Å². The Balaban J connectivity index is 2.31. The highest BCUT2D eigenvalue weighted by atomic mass is 32.2. The van der Waals surface area contributed by atoms with Gasteiger partial charge in [0.15, 0.2) is 0 Å². The predicted octanol–water partition coefficient (Wildman–Crippen LogP) is 2.97. The van der Waals surface area contributed by atoms with Gasteiger partial charge in [0.25, 0.3) is 5.69 Å². The highest BCUT2D eigenvalue weighted by Gasteiger charge is 2.10. The first-order valence-electron chi connectivity index (χ1n) is 5.66. The second-order valence-electron chi connectivity index (χ2n) is 3.65. The summed E-state index contributed by atoms with van der Waals surface area (Å²) < 4.78 is 0. The van der Waals surface area contributed by atoms with Crippen molar-refractivity contribution in [3.05, 3.63) is 46.9 Å². The fourth-order valence-electron chi connectivity index (χ4n) is 1.51. The topological polar surface area (TPSA) is 81.0 Å². The van der Waals surface area contributed by atoms with Gasteiger partial charge in [-0.1, -0.05) is 11.8 Å². The van der Waals surface area contributed by atoms with E-state index in [2.05, 4.69) is 15.3 Å². The molecule has 2 aromatic rings. The van der Waals surface area contributed by atoms with Gasteiger partial charge in [0.2, 0.25) is 0 Å². The van der Waals surface area contributed by atoms with Crippen LogP contribution in [0.15, 0.2) is 46.7 Å². The van der Waals surface area contributed by atoms with E-state index in [1.807, 2.05) is 13.0 Å². The van der Waals surface area contributed by atoms with Crippen molar-refractivity contribution in [2.45, 2.75) is 16.8 Å². The quantitative estimate of drug-likeness (QED) is 0.513. The molecule has 1 aromatic heterocycles. The third kappa shape index (κ3) is 3.65. The number of rotatable bonds is 5. The SMILES string of the molecule is CCNc1cc(Sc2ccncn2)cc([N+](=O)[O-])c1. The molecule has 0 aliphatic rings. The molecule has 0 amide bonds. The number of benzene rings is 1. The lowest BCUT2D eigenvalue weighted by Crippen LogP contribution is -1.98. The molecule has 1 heterocycles. The Bertz CT molecular complexity index is 577. The molecular weight excluding hydrogens is 264 g/mol. The Morgan fingerprint density at radius 2 is 2.26 bits per heavy atom. The first kappa shape index (κ1) is 13.3. The third-order valence-corrected chi connectivity index (χ3v) is 3.18. The standard InChI is InChI=1S/C12H12N4O2S/c1-2-14-9-5-10(16(17)18)7-11(6-9)19-12-3-4-13-8-15-12/h3-8,14H,2H2,1H3. The van der Waals surface area contributed by atoms with Crippen molar-refractivity contribution in [3.8, 4) is 0 Å². The van der Waals surface area contributed by atoms with E-state index >= 15 is 0 Å². The molecule has 6 nitrogen and oxygen atoms in total. The zero-order chi connectivity index (χ0) is 13.7. The van der Waals surface area contributed by atoms with Gasteiger partial charge in [-0.2, -0.15) is 0 Å². The lowest BCUT2D eigenvalue weighted by atomic mass is 10.3. The maximum absolute atomic E-state index is 10.9. The summed E-state index contributed by atoms with van der Waals surface area (Å²) in [4.78, 5) is 19.2. The van der Waals surface area contributed by atoms with E-state index < -0.39 is 4.92 Å². The highest BCUT2D eigenvalue weighted by Crippen LogP contribution is 2.31. The van der Waals surface area contributed by atoms with Crippen LogP contribution in [0.3, 0.4) is 0 Å². The van der Waals surface area contributed by atoms with Gasteiger partial charge in [-0.15, -0.1) is 0 Å². The number of nitro benzene ring substituents is 1. The van der Waals surface area contributed by atoms with E-state index in [9.17, 15) is 10.1 Å². The predicted molar refractivity (Wildman–Crippen MR) is 73.4 cm³/mol. The lowest BCUT2D eigenvalue weighted by Gasteiger charge is -2.06. The van der Waals surface area contributed by atoms with Crippen LogP contribution in [0.25, 0.3) is 0 Å². The Morgan fingerprint density at radius 1 is 1.42 bits per heavy atom. The number of nitro groups is 1. The van der Waals surface area contributed by atoms with Crippen LogP contribution in [0.5, 0.6) is 0 Å². The van der Waals surface area contributed by atoms with Crippen molar-refractivity contribution in [1.82, 2.24) is 9.97 Å². The molecule has 0 saturated carbocycles. The first-order chi connectivity index (χ1) is 9.19. The molecule has 1 aromatic carbocycles. The summed E-state index contributed by atoms with van der Waals surface area (Å²) in [7, 11) is 0. The Labute approximate surface area is 114 Å². The van der Waals surface area contributed by atoms with E-state index in [1.165, 1.54) is 30.2 Å². The maximum atomic E-state index is 10.9. The molecule has 0 unspecified atom stereocenters. The minimum absolute atomic E-state index is 0.0648. The van der Waals surface area contributed by atoms with Crippen molar-refractivity contribution in [1.29, 1.82) is 0 Å². The molecule has 0 aliphatic carbocycles. The molecule has 19 heavy (non-hydrogen) atoms. The molecule has 0 atom stereocenters. The van der Waals surface area contributed by atoms with Gasteiger partial charge >= 0.3 is 0 Å². The van der Waals surface area contributed by atoms with Crippen molar-refractivity contribution >= 4 is 23.1 Å². The van der Waals surface area contributed by atoms with Gasteiger partial charge < -0.3 is 5.32 Å². The fourth-order valence-corrected chi connectivity index (χ4v) is 2.35. The average Bonchev–Trinajstić information content (AvgIpc) is 2.40. The van der Waals surface area contributed by atoms with E-state index in [4.69, 9.17) is 0 Å². The number of aromatic nitrogens is 2. The molecule has 0 radical (unpaired) electrons. The van der Waals surface area contributed by atoms with E-state index in [-0.39, 0.29) is 5.69 Å². The van der Waals surface area contributed by atoms with Crippen LogP contribution in [-0.2, 0) is 0 Å². The zero-order valence-electron chi connectivity index (χ0n) is 10.2. The Kier molecular flexibility index (Phi) is 4.30. The van der Waals surface area contributed by atoms with Gasteiger partial charge in [-0.05, 0) is 19.1 Å². The number of hydrogen-bond donors (Lipinski definition) is 1. The van der Waals surface area contributed by atoms with Crippen molar-refractivity contribution in [2.75, 3.05) is 11.9 Å². The summed E-state index contributed by atoms with van der Waals surface area (Å²) in [5, 5.41) is 14.7. The van der Waals surface area contributed by atoms with Crippen LogP contribution in [0.1, 0.15) is 6.92 Å². The van der Waals surface area contributed by atoms with Crippen LogP contribution in [0.4, 0.5) is 11.4 Å². The van der Waals surface area contributed by atoms with E-state index in [0.29, 0.717) is 6.54 Å². The van der Waals surface area contributed by atoms with Crippen molar-refractivity contribution < 1.29 is 4.92 Å². The van der Waals surface area contributed by atoms with Crippen LogP contribution in [-0.4, -0.2) is 21.4 Å². The summed E-state index contributed by atoms with van der Waals surface area (Å²) in [5.41, 5.74) is 0.795. The molecule has 1 N–H and O–H groups in total. The normalized spacial score (nSPS) is 10.2. The number of hydrogen-bond acceptors (Lipinski definition) is 6. The molecule has 0 spiro atoms. The molecule has 0 aliphatic heterocycles. The van der Waals surface area contributed by atoms with E-state index in [1.54, 1.807) is 12.3 Å². The van der Waals surface area contributed by atoms with Gasteiger partial charge in [0, 0.05) is 35.5 Å². The molecule has 0 fully saturated rings. The van der Waals surface area contributed by atoms with Crippen molar-refractivity contribution in [3.63, 3.8) is 0 Å². The third-order valence-electron chi connectivity index (χ3n) is 2.26. The minimum atomic E-state index is -0.398. The molecule has 0 saturated heterocycles. The van der Waals surface area contributed by atoms with Gasteiger partial charge in [0.1, 0.15) is 11.4 Å². The number of nitrogens with zero attached hydrogens (tertiary/aromatic N) is 3. The van der Waals surface area contributed by atoms with Gasteiger partial charge in [0.05, 0.1) is 4.92 Å². The Morgan fingerprint density at radius 3 is 2.89 bits per heavy atom. The summed E-state index contributed by atoms with van der Waals surface area (Å²) in [5.74, 6) is 0. The first-order valence-corrected chi connectivity index (χ1v) is 6.48.